The van der Waals surface area contributed by atoms with E-state index in [0.29, 0.717) is 6.61 Å². The summed E-state index contributed by atoms with van der Waals surface area (Å²) < 4.78 is 17.3. The van der Waals surface area contributed by atoms with Gasteiger partial charge in [-0.25, -0.2) is 0 Å². The number of hydrogen-bond acceptors (Lipinski definition) is 4. The number of methoxy groups -OCH3 is 1. The standard InChI is InChI=1S/C31H39NO3/c1-23-17-30(34-20-26-11-7-5-8-12-26)25(3)24(2)29(23)18-27-13-14-28(35-22-33-4)19-31(21-32-27)15-9-6-10-16-31/h5,7-8,11-14,17,19H,6,9-10,15-16,18,20-22H2,1-4H3. The zero-order valence-electron chi connectivity index (χ0n) is 21.7. The van der Waals surface area contributed by atoms with Crippen LogP contribution in [0.5, 0.6) is 5.75 Å². The minimum absolute atomic E-state index is 0.0898. The van der Waals surface area contributed by atoms with Gasteiger partial charge in [0, 0.05) is 31.2 Å². The lowest BCUT2D eigenvalue weighted by Gasteiger charge is -2.34. The van der Waals surface area contributed by atoms with Gasteiger partial charge in [-0.3, -0.25) is 4.99 Å². The van der Waals surface area contributed by atoms with Crippen LogP contribution in [0.3, 0.4) is 0 Å². The highest BCUT2D eigenvalue weighted by Gasteiger charge is 2.31. The van der Waals surface area contributed by atoms with Crippen LogP contribution in [-0.4, -0.2) is 26.2 Å². The molecule has 1 saturated carbocycles. The van der Waals surface area contributed by atoms with E-state index in [4.69, 9.17) is 19.2 Å². The van der Waals surface area contributed by atoms with Gasteiger partial charge in [-0.15, -0.1) is 0 Å². The molecule has 0 aromatic heterocycles. The van der Waals surface area contributed by atoms with Gasteiger partial charge in [-0.1, -0.05) is 49.6 Å². The van der Waals surface area contributed by atoms with Crippen LogP contribution >= 0.6 is 0 Å². The SMILES string of the molecule is COCOC1=CC2(CCCCC2)CN=C(Cc2c(C)cc(OCc3ccccc3)c(C)c2C)C=C1. The maximum atomic E-state index is 6.21. The predicted octanol–water partition coefficient (Wildman–Crippen LogP) is 7.20. The summed E-state index contributed by atoms with van der Waals surface area (Å²) in [5, 5.41) is 0. The fourth-order valence-electron chi connectivity index (χ4n) is 5.21. The van der Waals surface area contributed by atoms with Crippen LogP contribution in [0.4, 0.5) is 0 Å². The number of benzene rings is 2. The van der Waals surface area contributed by atoms with E-state index >= 15 is 0 Å². The summed E-state index contributed by atoms with van der Waals surface area (Å²) in [5.74, 6) is 1.86. The second kappa shape index (κ2) is 11.7. The van der Waals surface area contributed by atoms with E-state index in [2.05, 4.69) is 57.2 Å². The molecule has 4 heteroatoms. The van der Waals surface area contributed by atoms with Gasteiger partial charge >= 0.3 is 0 Å². The molecule has 1 aliphatic carbocycles. The number of aryl methyl sites for hydroxylation is 1. The molecule has 2 aliphatic rings. The minimum Gasteiger partial charge on any atom is -0.489 e. The molecule has 0 radical (unpaired) electrons. The Morgan fingerprint density at radius 1 is 0.914 bits per heavy atom. The molecule has 0 unspecified atom stereocenters. The van der Waals surface area contributed by atoms with Crippen LogP contribution in [0.15, 0.2) is 65.4 Å². The first-order valence-electron chi connectivity index (χ1n) is 12.8. The van der Waals surface area contributed by atoms with Gasteiger partial charge in [0.05, 0.1) is 0 Å². The van der Waals surface area contributed by atoms with E-state index in [-0.39, 0.29) is 12.2 Å². The third kappa shape index (κ3) is 6.43. The van der Waals surface area contributed by atoms with Crippen LogP contribution in [0.2, 0.25) is 0 Å². The molecule has 0 atom stereocenters. The molecular formula is C31H39NO3. The first-order valence-corrected chi connectivity index (χ1v) is 12.8. The summed E-state index contributed by atoms with van der Waals surface area (Å²) in [7, 11) is 1.66. The van der Waals surface area contributed by atoms with Crippen molar-refractivity contribution >= 4 is 5.71 Å². The van der Waals surface area contributed by atoms with Crippen LogP contribution < -0.4 is 4.74 Å². The molecule has 186 valence electrons. The molecule has 0 bridgehead atoms. The highest BCUT2D eigenvalue weighted by atomic mass is 16.7. The molecule has 1 fully saturated rings. The lowest BCUT2D eigenvalue weighted by atomic mass is 9.73. The van der Waals surface area contributed by atoms with E-state index in [1.165, 1.54) is 59.9 Å². The maximum Gasteiger partial charge on any atom is 0.188 e. The Morgan fingerprint density at radius 3 is 2.43 bits per heavy atom. The van der Waals surface area contributed by atoms with Gasteiger partial charge in [0.15, 0.2) is 6.79 Å². The van der Waals surface area contributed by atoms with Crippen molar-refractivity contribution in [2.24, 2.45) is 10.4 Å². The molecule has 0 N–H and O–H groups in total. The third-order valence-corrected chi connectivity index (χ3v) is 7.48. The van der Waals surface area contributed by atoms with Crippen molar-refractivity contribution in [1.82, 2.24) is 0 Å². The fourth-order valence-corrected chi connectivity index (χ4v) is 5.21. The second-order valence-corrected chi connectivity index (χ2v) is 10.0. The van der Waals surface area contributed by atoms with Crippen molar-refractivity contribution in [3.63, 3.8) is 0 Å². The zero-order chi connectivity index (χ0) is 24.7. The van der Waals surface area contributed by atoms with E-state index in [0.717, 1.165) is 30.2 Å². The van der Waals surface area contributed by atoms with Gasteiger partial charge in [-0.2, -0.15) is 0 Å². The fraction of sp³-hybridized carbons (Fsp3) is 0.452. The predicted molar refractivity (Wildman–Crippen MR) is 143 cm³/mol. The molecule has 0 saturated heterocycles. The van der Waals surface area contributed by atoms with Crippen LogP contribution in [0.1, 0.15) is 59.9 Å². The molecule has 35 heavy (non-hydrogen) atoms. The Balaban J connectivity index is 1.56. The van der Waals surface area contributed by atoms with Gasteiger partial charge in [0.25, 0.3) is 0 Å². The Kier molecular flexibility index (Phi) is 8.46. The van der Waals surface area contributed by atoms with Crippen molar-refractivity contribution in [3.05, 3.63) is 88.2 Å². The number of allylic oxidation sites excluding steroid dienone is 2. The summed E-state index contributed by atoms with van der Waals surface area (Å²) >= 11 is 0. The van der Waals surface area contributed by atoms with E-state index in [9.17, 15) is 0 Å². The zero-order valence-corrected chi connectivity index (χ0v) is 21.7. The summed E-state index contributed by atoms with van der Waals surface area (Å²) in [5.41, 5.74) is 7.43. The first kappa shape index (κ1) is 25.2. The molecule has 4 nitrogen and oxygen atoms in total. The average molecular weight is 474 g/mol. The van der Waals surface area contributed by atoms with Crippen molar-refractivity contribution in [1.29, 1.82) is 0 Å². The van der Waals surface area contributed by atoms with Crippen molar-refractivity contribution in [3.8, 4) is 5.75 Å². The van der Waals surface area contributed by atoms with Gasteiger partial charge in [0.1, 0.15) is 18.1 Å². The lowest BCUT2D eigenvalue weighted by molar-refractivity contribution is 0.00830. The molecule has 2 aromatic carbocycles. The largest absolute Gasteiger partial charge is 0.489 e. The Labute approximate surface area is 210 Å². The monoisotopic (exact) mass is 473 g/mol. The van der Waals surface area contributed by atoms with Crippen molar-refractivity contribution in [2.45, 2.75) is 65.9 Å². The first-order chi connectivity index (χ1) is 17.0. The number of rotatable bonds is 8. The second-order valence-electron chi connectivity index (χ2n) is 10.0. The summed E-state index contributed by atoms with van der Waals surface area (Å²) in [4.78, 5) is 5.15. The summed E-state index contributed by atoms with van der Waals surface area (Å²) in [6.45, 7) is 8.21. The number of hydrogen-bond donors (Lipinski definition) is 0. The number of nitrogens with zero attached hydrogens (tertiary/aromatic N) is 1. The molecule has 0 amide bonds. The number of aliphatic imine (C=N–C) groups is 1. The summed E-state index contributed by atoms with van der Waals surface area (Å²) in [6.07, 6.45) is 13.5. The van der Waals surface area contributed by atoms with E-state index < -0.39 is 0 Å². The van der Waals surface area contributed by atoms with Gasteiger partial charge < -0.3 is 14.2 Å². The van der Waals surface area contributed by atoms with Crippen molar-refractivity contribution in [2.75, 3.05) is 20.4 Å². The Morgan fingerprint density at radius 2 is 1.69 bits per heavy atom. The van der Waals surface area contributed by atoms with Gasteiger partial charge in [0.2, 0.25) is 0 Å². The van der Waals surface area contributed by atoms with E-state index in [1.54, 1.807) is 7.11 Å². The smallest absolute Gasteiger partial charge is 0.188 e. The normalized spacial score (nSPS) is 17.4. The molecule has 1 aliphatic heterocycles. The minimum atomic E-state index is 0.0898. The third-order valence-electron chi connectivity index (χ3n) is 7.48. The van der Waals surface area contributed by atoms with Crippen LogP contribution in [0, 0.1) is 26.2 Å². The highest BCUT2D eigenvalue weighted by molar-refractivity contribution is 5.97. The molecule has 4 rings (SSSR count). The summed E-state index contributed by atoms with van der Waals surface area (Å²) in [6, 6.07) is 12.5. The quantitative estimate of drug-likeness (QED) is 0.381. The van der Waals surface area contributed by atoms with Gasteiger partial charge in [-0.05, 0) is 85.7 Å². The molecular weight excluding hydrogens is 434 g/mol. The number of ether oxygens (including phenoxy) is 3. The molecule has 1 spiro atoms. The van der Waals surface area contributed by atoms with Crippen LogP contribution in [-0.2, 0) is 22.5 Å². The average Bonchev–Trinajstić information content (AvgIpc) is 2.87. The molecule has 2 aromatic rings. The lowest BCUT2D eigenvalue weighted by Crippen LogP contribution is -2.27. The Bertz CT molecular complexity index is 1090. The van der Waals surface area contributed by atoms with Crippen molar-refractivity contribution < 1.29 is 14.2 Å². The molecule has 1 heterocycles. The highest BCUT2D eigenvalue weighted by Crippen LogP contribution is 2.40. The van der Waals surface area contributed by atoms with E-state index in [1.807, 2.05) is 18.2 Å². The Hall–Kier alpha value is -2.85. The van der Waals surface area contributed by atoms with Crippen LogP contribution in [0.25, 0.3) is 0 Å². The topological polar surface area (TPSA) is 40.0 Å². The maximum absolute atomic E-state index is 6.21.